The maximum Gasteiger partial charge on any atom is 0.255 e. The van der Waals surface area contributed by atoms with E-state index in [0.717, 1.165) is 6.07 Å². The van der Waals surface area contributed by atoms with Gasteiger partial charge in [-0.25, -0.2) is 4.39 Å². The van der Waals surface area contributed by atoms with Crippen molar-refractivity contribution in [2.75, 3.05) is 5.32 Å². The van der Waals surface area contributed by atoms with Crippen molar-refractivity contribution in [1.29, 1.82) is 0 Å². The van der Waals surface area contributed by atoms with Crippen LogP contribution in [0.1, 0.15) is 26.3 Å². The smallest absolute Gasteiger partial charge is 0.255 e. The SMILES string of the molecule is O=C(Nc1ccc(F)cc1C(=O)c1ccc(Cl)cc1)c1ccncc1. The van der Waals surface area contributed by atoms with Crippen LogP contribution >= 0.6 is 11.6 Å². The maximum atomic E-state index is 13.7. The third-order valence-corrected chi connectivity index (χ3v) is 3.78. The molecular formula is C19H12ClFN2O2. The van der Waals surface area contributed by atoms with Crippen molar-refractivity contribution < 1.29 is 14.0 Å². The number of aromatic nitrogens is 1. The lowest BCUT2D eigenvalue weighted by atomic mass is 10.0. The molecule has 1 amide bonds. The lowest BCUT2D eigenvalue weighted by Gasteiger charge is -2.11. The van der Waals surface area contributed by atoms with Crippen LogP contribution in [0.4, 0.5) is 10.1 Å². The van der Waals surface area contributed by atoms with E-state index in [2.05, 4.69) is 10.3 Å². The number of halogens is 2. The molecule has 0 aliphatic heterocycles. The molecule has 1 heterocycles. The van der Waals surface area contributed by atoms with Gasteiger partial charge in [0.25, 0.3) is 5.91 Å². The molecule has 0 saturated heterocycles. The summed E-state index contributed by atoms with van der Waals surface area (Å²) in [6.07, 6.45) is 2.97. The van der Waals surface area contributed by atoms with Crippen LogP contribution in [-0.4, -0.2) is 16.7 Å². The minimum Gasteiger partial charge on any atom is -0.321 e. The minimum absolute atomic E-state index is 0.0599. The second-order valence-electron chi connectivity index (χ2n) is 5.22. The Labute approximate surface area is 148 Å². The topological polar surface area (TPSA) is 59.1 Å². The highest BCUT2D eigenvalue weighted by Crippen LogP contribution is 2.22. The summed E-state index contributed by atoms with van der Waals surface area (Å²) >= 11 is 5.82. The van der Waals surface area contributed by atoms with E-state index in [0.29, 0.717) is 16.1 Å². The molecule has 0 fully saturated rings. The molecule has 3 rings (SSSR count). The fourth-order valence-electron chi connectivity index (χ4n) is 2.27. The Hall–Kier alpha value is -3.05. The highest BCUT2D eigenvalue weighted by atomic mass is 35.5. The maximum absolute atomic E-state index is 13.7. The third kappa shape index (κ3) is 3.89. The Morgan fingerprint density at radius 1 is 0.920 bits per heavy atom. The van der Waals surface area contributed by atoms with E-state index in [9.17, 15) is 14.0 Å². The predicted molar refractivity (Wildman–Crippen MR) is 93.5 cm³/mol. The Kier molecular flexibility index (Phi) is 4.86. The largest absolute Gasteiger partial charge is 0.321 e. The number of hydrogen-bond donors (Lipinski definition) is 1. The van der Waals surface area contributed by atoms with Crippen LogP contribution in [-0.2, 0) is 0 Å². The summed E-state index contributed by atoms with van der Waals surface area (Å²) in [7, 11) is 0. The van der Waals surface area contributed by atoms with Gasteiger partial charge in [0.15, 0.2) is 5.78 Å². The average molecular weight is 355 g/mol. The quantitative estimate of drug-likeness (QED) is 0.708. The van der Waals surface area contributed by atoms with Gasteiger partial charge in [0, 0.05) is 34.1 Å². The summed E-state index contributed by atoms with van der Waals surface area (Å²) in [4.78, 5) is 28.8. The molecule has 0 aliphatic rings. The summed E-state index contributed by atoms with van der Waals surface area (Å²) in [6.45, 7) is 0. The Balaban J connectivity index is 1.94. The van der Waals surface area contributed by atoms with Crippen molar-refractivity contribution >= 4 is 29.0 Å². The van der Waals surface area contributed by atoms with Crippen LogP contribution in [0.5, 0.6) is 0 Å². The number of pyridine rings is 1. The van der Waals surface area contributed by atoms with Crippen LogP contribution in [0, 0.1) is 5.82 Å². The molecule has 1 N–H and O–H groups in total. The highest BCUT2D eigenvalue weighted by molar-refractivity contribution is 6.30. The molecule has 0 aliphatic carbocycles. The monoisotopic (exact) mass is 354 g/mol. The standard InChI is InChI=1S/C19H12ClFN2O2/c20-14-3-1-12(2-4-14)18(24)16-11-15(21)5-6-17(16)23-19(25)13-7-9-22-10-8-13/h1-11H,(H,23,25). The molecule has 25 heavy (non-hydrogen) atoms. The number of benzene rings is 2. The van der Waals surface area contributed by atoms with Gasteiger partial charge in [-0.15, -0.1) is 0 Å². The number of carbonyl (C=O) groups is 2. The van der Waals surface area contributed by atoms with Crippen LogP contribution in [0.2, 0.25) is 5.02 Å². The molecule has 2 aromatic carbocycles. The van der Waals surface area contributed by atoms with Gasteiger partial charge < -0.3 is 5.32 Å². The number of rotatable bonds is 4. The molecule has 124 valence electrons. The van der Waals surface area contributed by atoms with E-state index in [1.54, 1.807) is 36.4 Å². The van der Waals surface area contributed by atoms with Gasteiger partial charge in [-0.2, -0.15) is 0 Å². The molecule has 3 aromatic rings. The number of nitrogens with one attached hydrogen (secondary N) is 1. The zero-order valence-electron chi connectivity index (χ0n) is 12.9. The summed E-state index contributed by atoms with van der Waals surface area (Å²) in [5.74, 6) is -1.40. The first kappa shape index (κ1) is 16.8. The van der Waals surface area contributed by atoms with Crippen LogP contribution in [0.15, 0.2) is 67.0 Å². The van der Waals surface area contributed by atoms with E-state index in [-0.39, 0.29) is 11.3 Å². The van der Waals surface area contributed by atoms with E-state index >= 15 is 0 Å². The number of carbonyl (C=O) groups excluding carboxylic acids is 2. The second kappa shape index (κ2) is 7.23. The molecule has 0 spiro atoms. The predicted octanol–water partition coefficient (Wildman–Crippen LogP) is 4.36. The van der Waals surface area contributed by atoms with Crippen LogP contribution in [0.25, 0.3) is 0 Å². The third-order valence-electron chi connectivity index (χ3n) is 3.52. The fourth-order valence-corrected chi connectivity index (χ4v) is 2.39. The van der Waals surface area contributed by atoms with Crippen molar-refractivity contribution in [3.63, 3.8) is 0 Å². The highest BCUT2D eigenvalue weighted by Gasteiger charge is 2.17. The summed E-state index contributed by atoms with van der Waals surface area (Å²) in [6, 6.07) is 13.0. The van der Waals surface area contributed by atoms with Gasteiger partial charge in [-0.05, 0) is 54.6 Å². The zero-order chi connectivity index (χ0) is 17.8. The molecule has 1 aromatic heterocycles. The van der Waals surface area contributed by atoms with E-state index in [1.807, 2.05) is 0 Å². The molecule has 4 nitrogen and oxygen atoms in total. The van der Waals surface area contributed by atoms with Crippen molar-refractivity contribution in [2.45, 2.75) is 0 Å². The number of amides is 1. The lowest BCUT2D eigenvalue weighted by Crippen LogP contribution is -2.15. The minimum atomic E-state index is -0.570. The number of hydrogen-bond acceptors (Lipinski definition) is 3. The summed E-state index contributed by atoms with van der Waals surface area (Å²) in [5.41, 5.74) is 1.01. The number of anilines is 1. The van der Waals surface area contributed by atoms with Crippen molar-refractivity contribution in [2.24, 2.45) is 0 Å². The second-order valence-corrected chi connectivity index (χ2v) is 5.65. The number of ketones is 1. The van der Waals surface area contributed by atoms with E-state index < -0.39 is 17.5 Å². The lowest BCUT2D eigenvalue weighted by molar-refractivity contribution is 0.102. The van der Waals surface area contributed by atoms with Gasteiger partial charge in [-0.3, -0.25) is 14.6 Å². The van der Waals surface area contributed by atoms with Gasteiger partial charge in [-0.1, -0.05) is 11.6 Å². The fraction of sp³-hybridized carbons (Fsp3) is 0. The zero-order valence-corrected chi connectivity index (χ0v) is 13.6. The average Bonchev–Trinajstić information content (AvgIpc) is 2.64. The summed E-state index contributed by atoms with van der Waals surface area (Å²) in [5, 5.41) is 3.12. The molecule has 0 atom stereocenters. The van der Waals surface area contributed by atoms with Crippen molar-refractivity contribution in [3.8, 4) is 0 Å². The Morgan fingerprint density at radius 3 is 2.28 bits per heavy atom. The van der Waals surface area contributed by atoms with Gasteiger partial charge in [0.2, 0.25) is 0 Å². The van der Waals surface area contributed by atoms with Crippen LogP contribution in [0.3, 0.4) is 0 Å². The number of nitrogens with zero attached hydrogens (tertiary/aromatic N) is 1. The van der Waals surface area contributed by atoms with E-state index in [1.165, 1.54) is 24.5 Å². The molecule has 6 heteroatoms. The molecular weight excluding hydrogens is 343 g/mol. The molecule has 0 unspecified atom stereocenters. The van der Waals surface area contributed by atoms with Crippen LogP contribution < -0.4 is 5.32 Å². The van der Waals surface area contributed by atoms with Crippen molar-refractivity contribution in [3.05, 3.63) is 94.5 Å². The normalized spacial score (nSPS) is 10.3. The molecule has 0 bridgehead atoms. The molecule has 0 radical (unpaired) electrons. The van der Waals surface area contributed by atoms with Crippen molar-refractivity contribution in [1.82, 2.24) is 4.98 Å². The van der Waals surface area contributed by atoms with E-state index in [4.69, 9.17) is 11.6 Å². The van der Waals surface area contributed by atoms with Gasteiger partial charge >= 0.3 is 0 Å². The first-order chi connectivity index (χ1) is 12.0. The van der Waals surface area contributed by atoms with Gasteiger partial charge in [0.05, 0.1) is 5.69 Å². The summed E-state index contributed by atoms with van der Waals surface area (Å²) < 4.78 is 13.7. The Morgan fingerprint density at radius 2 is 1.60 bits per heavy atom. The molecule has 0 saturated carbocycles. The first-order valence-corrected chi connectivity index (χ1v) is 7.73. The first-order valence-electron chi connectivity index (χ1n) is 7.36. The Bertz CT molecular complexity index is 928. The van der Waals surface area contributed by atoms with Gasteiger partial charge in [0.1, 0.15) is 5.82 Å².